The predicted octanol–water partition coefficient (Wildman–Crippen LogP) is 2.71. The van der Waals surface area contributed by atoms with Crippen LogP contribution in [0.2, 0.25) is 0 Å². The molecule has 1 heterocycles. The lowest BCUT2D eigenvalue weighted by Gasteiger charge is -2.40. The van der Waals surface area contributed by atoms with Gasteiger partial charge in [-0.25, -0.2) is 9.69 Å². The second-order valence-corrected chi connectivity index (χ2v) is 8.24. The van der Waals surface area contributed by atoms with Gasteiger partial charge in [0.2, 0.25) is 0 Å². The van der Waals surface area contributed by atoms with Crippen molar-refractivity contribution < 1.29 is 9.59 Å². The maximum atomic E-state index is 12.9. The van der Waals surface area contributed by atoms with Gasteiger partial charge in [-0.1, -0.05) is 27.7 Å². The number of nitrogens with one attached hydrogen (secondary N) is 1. The average molecular weight is 334 g/mol. The van der Waals surface area contributed by atoms with Crippen molar-refractivity contribution in [2.24, 2.45) is 11.3 Å². The summed E-state index contributed by atoms with van der Waals surface area (Å²) >= 11 is 0. The number of rotatable bonds is 5. The molecule has 2 fully saturated rings. The molecule has 1 spiro atoms. The molecule has 24 heavy (non-hydrogen) atoms. The Bertz CT molecular complexity index is 524. The molecule has 6 heteroatoms. The second kappa shape index (κ2) is 7.10. The number of hydrogen-bond donors (Lipinski definition) is 1. The molecule has 1 aliphatic carbocycles. The second-order valence-electron chi connectivity index (χ2n) is 8.24. The van der Waals surface area contributed by atoms with E-state index in [-0.39, 0.29) is 30.6 Å². The fourth-order valence-corrected chi connectivity index (χ4v) is 3.94. The minimum absolute atomic E-state index is 0.112. The van der Waals surface area contributed by atoms with Gasteiger partial charge in [0.15, 0.2) is 0 Å². The first-order valence-electron chi connectivity index (χ1n) is 8.97. The molecule has 0 radical (unpaired) electrons. The van der Waals surface area contributed by atoms with Crippen LogP contribution in [0.3, 0.4) is 0 Å². The first-order valence-corrected chi connectivity index (χ1v) is 8.97. The predicted molar refractivity (Wildman–Crippen MR) is 91.9 cm³/mol. The molecular formula is C18H30N4O2. The number of imide groups is 1. The third kappa shape index (κ3) is 3.72. The Kier molecular flexibility index (Phi) is 5.54. The Morgan fingerprint density at radius 3 is 2.46 bits per heavy atom. The van der Waals surface area contributed by atoms with E-state index in [0.717, 1.165) is 19.3 Å². The van der Waals surface area contributed by atoms with Gasteiger partial charge in [0.05, 0.1) is 19.3 Å². The molecule has 1 saturated heterocycles. The topological polar surface area (TPSA) is 76.4 Å². The van der Waals surface area contributed by atoms with E-state index in [1.807, 2.05) is 11.8 Å². The van der Waals surface area contributed by atoms with Gasteiger partial charge in [0, 0.05) is 6.54 Å². The van der Waals surface area contributed by atoms with Crippen molar-refractivity contribution in [1.82, 2.24) is 15.1 Å². The molecule has 1 N–H and O–H groups in total. The van der Waals surface area contributed by atoms with Crippen LogP contribution < -0.4 is 5.32 Å². The highest BCUT2D eigenvalue weighted by molar-refractivity contribution is 6.07. The van der Waals surface area contributed by atoms with Crippen LogP contribution in [0.1, 0.15) is 59.8 Å². The molecule has 0 aromatic carbocycles. The number of urea groups is 1. The van der Waals surface area contributed by atoms with Gasteiger partial charge in [-0.2, -0.15) is 5.26 Å². The summed E-state index contributed by atoms with van der Waals surface area (Å²) in [5.74, 6) is 0.468. The van der Waals surface area contributed by atoms with Crippen molar-refractivity contribution in [2.75, 3.05) is 19.8 Å². The van der Waals surface area contributed by atoms with Crippen LogP contribution in [-0.2, 0) is 4.79 Å². The van der Waals surface area contributed by atoms with E-state index in [9.17, 15) is 9.59 Å². The highest BCUT2D eigenvalue weighted by Gasteiger charge is 2.53. The zero-order valence-corrected chi connectivity index (χ0v) is 15.4. The molecule has 0 aromatic heterocycles. The van der Waals surface area contributed by atoms with Crippen LogP contribution in [0.15, 0.2) is 0 Å². The average Bonchev–Trinajstić information content (AvgIpc) is 2.72. The summed E-state index contributed by atoms with van der Waals surface area (Å²) in [6.45, 7) is 9.86. The summed E-state index contributed by atoms with van der Waals surface area (Å²) in [5, 5.41) is 11.9. The van der Waals surface area contributed by atoms with Crippen molar-refractivity contribution in [3.8, 4) is 6.07 Å². The van der Waals surface area contributed by atoms with Crippen molar-refractivity contribution in [3.05, 3.63) is 0 Å². The highest BCUT2D eigenvalue weighted by Crippen LogP contribution is 2.43. The number of carbonyl (C=O) groups is 2. The maximum Gasteiger partial charge on any atom is 0.326 e. The van der Waals surface area contributed by atoms with E-state index < -0.39 is 5.54 Å². The lowest BCUT2D eigenvalue weighted by Crippen LogP contribution is -2.51. The van der Waals surface area contributed by atoms with Gasteiger partial charge in [-0.15, -0.1) is 0 Å². The molecule has 3 amide bonds. The Balaban J connectivity index is 2.05. The number of nitriles is 1. The van der Waals surface area contributed by atoms with E-state index >= 15 is 0 Å². The van der Waals surface area contributed by atoms with E-state index in [4.69, 9.17) is 5.26 Å². The highest BCUT2D eigenvalue weighted by atomic mass is 16.2. The molecule has 2 aliphatic rings. The normalized spacial score (nSPS) is 27.7. The van der Waals surface area contributed by atoms with Crippen LogP contribution in [-0.4, -0.2) is 47.0 Å². The summed E-state index contributed by atoms with van der Waals surface area (Å²) < 4.78 is 0. The van der Waals surface area contributed by atoms with Gasteiger partial charge in [-0.05, 0) is 43.4 Å². The minimum atomic E-state index is -0.719. The zero-order chi connectivity index (χ0) is 18.0. The summed E-state index contributed by atoms with van der Waals surface area (Å²) in [7, 11) is 0. The summed E-state index contributed by atoms with van der Waals surface area (Å²) in [6.07, 6.45) is 4.22. The monoisotopic (exact) mass is 334 g/mol. The summed E-state index contributed by atoms with van der Waals surface area (Å²) in [5.41, 5.74) is -0.485. The fourth-order valence-electron chi connectivity index (χ4n) is 3.94. The Morgan fingerprint density at radius 1 is 1.33 bits per heavy atom. The zero-order valence-electron chi connectivity index (χ0n) is 15.4. The van der Waals surface area contributed by atoms with Gasteiger partial charge in [0.1, 0.15) is 5.54 Å². The van der Waals surface area contributed by atoms with Crippen LogP contribution >= 0.6 is 0 Å². The van der Waals surface area contributed by atoms with Gasteiger partial charge in [0.25, 0.3) is 5.91 Å². The van der Waals surface area contributed by atoms with Crippen molar-refractivity contribution in [2.45, 2.75) is 65.3 Å². The number of nitrogens with zero attached hydrogens (tertiary/aromatic N) is 3. The largest absolute Gasteiger partial charge is 0.326 e. The van der Waals surface area contributed by atoms with Gasteiger partial charge >= 0.3 is 6.03 Å². The molecule has 1 saturated carbocycles. The van der Waals surface area contributed by atoms with Gasteiger partial charge in [-0.3, -0.25) is 9.69 Å². The molecule has 0 unspecified atom stereocenters. The standard InChI is InChI=1S/C18H30N4O2/c1-5-11-21(12-10-19)13-22-15(23)18(20-16(22)24)8-6-14(7-9-18)17(2,3)4/h14H,5-9,11-13H2,1-4H3,(H,20,24). The maximum absolute atomic E-state index is 12.9. The summed E-state index contributed by atoms with van der Waals surface area (Å²) in [6, 6.07) is 1.79. The number of hydrogen-bond acceptors (Lipinski definition) is 4. The van der Waals surface area contributed by atoms with Crippen LogP contribution in [0.4, 0.5) is 4.79 Å². The summed E-state index contributed by atoms with van der Waals surface area (Å²) in [4.78, 5) is 28.4. The molecule has 0 bridgehead atoms. The molecule has 6 nitrogen and oxygen atoms in total. The van der Waals surface area contributed by atoms with E-state index in [2.05, 4.69) is 32.2 Å². The van der Waals surface area contributed by atoms with Crippen LogP contribution in [0, 0.1) is 22.7 Å². The molecular weight excluding hydrogens is 304 g/mol. The lowest BCUT2D eigenvalue weighted by molar-refractivity contribution is -0.134. The van der Waals surface area contributed by atoms with Crippen molar-refractivity contribution in [3.63, 3.8) is 0 Å². The third-order valence-corrected chi connectivity index (χ3v) is 5.49. The Labute approximate surface area is 145 Å². The van der Waals surface area contributed by atoms with Crippen LogP contribution in [0.25, 0.3) is 0 Å². The van der Waals surface area contributed by atoms with Crippen molar-refractivity contribution >= 4 is 11.9 Å². The van der Waals surface area contributed by atoms with Gasteiger partial charge < -0.3 is 5.32 Å². The van der Waals surface area contributed by atoms with Crippen molar-refractivity contribution in [1.29, 1.82) is 5.26 Å². The third-order valence-electron chi connectivity index (χ3n) is 5.49. The number of carbonyl (C=O) groups excluding carboxylic acids is 2. The fraction of sp³-hybridized carbons (Fsp3) is 0.833. The minimum Gasteiger partial charge on any atom is -0.323 e. The quantitative estimate of drug-likeness (QED) is 0.619. The molecule has 2 rings (SSSR count). The van der Waals surface area contributed by atoms with Crippen LogP contribution in [0.5, 0.6) is 0 Å². The van der Waals surface area contributed by atoms with E-state index in [1.54, 1.807) is 0 Å². The molecule has 0 aromatic rings. The van der Waals surface area contributed by atoms with E-state index in [1.165, 1.54) is 4.90 Å². The Hall–Kier alpha value is -1.61. The Morgan fingerprint density at radius 2 is 1.96 bits per heavy atom. The SMILES string of the molecule is CCCN(CC#N)CN1C(=O)NC2(CCC(C(C)(C)C)CC2)C1=O. The molecule has 0 atom stereocenters. The first-order chi connectivity index (χ1) is 11.2. The number of amides is 3. The molecule has 134 valence electrons. The lowest BCUT2D eigenvalue weighted by atomic mass is 9.67. The van der Waals surface area contributed by atoms with E-state index in [0.29, 0.717) is 25.3 Å². The first kappa shape index (κ1) is 18.7. The molecule has 1 aliphatic heterocycles. The smallest absolute Gasteiger partial charge is 0.323 e.